The average molecular weight is 241 g/mol. The molecule has 2 heteroatoms. The highest BCUT2D eigenvalue weighted by atomic mass is 16.5. The number of fused-ring (bicyclic) bond motifs is 1. The molecule has 0 aromatic heterocycles. The Morgan fingerprint density at radius 2 is 1.94 bits per heavy atom. The van der Waals surface area contributed by atoms with Gasteiger partial charge in [0.15, 0.2) is 0 Å². The predicted molar refractivity (Wildman–Crippen MR) is 77.7 cm³/mol. The maximum atomic E-state index is 4.97. The van der Waals surface area contributed by atoms with Crippen LogP contribution in [0.5, 0.6) is 0 Å². The molecular weight excluding hydrogens is 222 g/mol. The van der Waals surface area contributed by atoms with Gasteiger partial charge in [0.2, 0.25) is 0 Å². The first-order valence-electron chi connectivity index (χ1n) is 6.25. The van der Waals surface area contributed by atoms with E-state index in [2.05, 4.69) is 59.9 Å². The molecule has 0 atom stereocenters. The molecule has 0 fully saturated rings. The Bertz CT molecular complexity index is 519. The molecule has 0 radical (unpaired) electrons. The lowest BCUT2D eigenvalue weighted by atomic mass is 10.1. The molecule has 2 aromatic rings. The van der Waals surface area contributed by atoms with Gasteiger partial charge >= 0.3 is 0 Å². The fourth-order valence-electron chi connectivity index (χ4n) is 1.87. The van der Waals surface area contributed by atoms with Gasteiger partial charge in [-0.05, 0) is 22.4 Å². The van der Waals surface area contributed by atoms with Gasteiger partial charge in [-0.25, -0.2) is 0 Å². The number of hydrogen-bond donors (Lipinski definition) is 1. The first kappa shape index (κ1) is 12.8. The molecule has 0 saturated carbocycles. The number of ether oxygens (including phenoxy) is 1. The van der Waals surface area contributed by atoms with Gasteiger partial charge in [-0.3, -0.25) is 0 Å². The van der Waals surface area contributed by atoms with Crippen molar-refractivity contribution in [2.75, 3.05) is 26.8 Å². The topological polar surface area (TPSA) is 21.3 Å². The van der Waals surface area contributed by atoms with E-state index in [1.807, 2.05) is 0 Å². The van der Waals surface area contributed by atoms with Crippen molar-refractivity contribution in [2.24, 2.45) is 0 Å². The molecule has 2 aromatic carbocycles. The lowest BCUT2D eigenvalue weighted by molar-refractivity contribution is 0.200. The van der Waals surface area contributed by atoms with E-state index >= 15 is 0 Å². The monoisotopic (exact) mass is 241 g/mol. The SMILES string of the molecule is COCCNCC=Cc1ccc2ccccc2c1. The normalized spacial score (nSPS) is 11.4. The maximum absolute atomic E-state index is 4.97. The van der Waals surface area contributed by atoms with Crippen LogP contribution in [0.2, 0.25) is 0 Å². The zero-order valence-electron chi connectivity index (χ0n) is 10.7. The van der Waals surface area contributed by atoms with E-state index in [9.17, 15) is 0 Å². The molecule has 0 saturated heterocycles. The Kier molecular flexibility index (Phi) is 4.94. The van der Waals surface area contributed by atoms with Crippen LogP contribution in [0.25, 0.3) is 16.8 Å². The second-order valence-electron chi connectivity index (χ2n) is 4.21. The number of benzene rings is 2. The second kappa shape index (κ2) is 6.94. The van der Waals surface area contributed by atoms with Crippen LogP contribution < -0.4 is 5.32 Å². The molecule has 0 aliphatic rings. The molecule has 0 aliphatic carbocycles. The summed E-state index contributed by atoms with van der Waals surface area (Å²) in [6.07, 6.45) is 4.28. The molecule has 0 spiro atoms. The average Bonchev–Trinajstić information content (AvgIpc) is 2.42. The summed E-state index contributed by atoms with van der Waals surface area (Å²) in [6.45, 7) is 2.51. The lowest BCUT2D eigenvalue weighted by Gasteiger charge is -2.00. The minimum Gasteiger partial charge on any atom is -0.383 e. The van der Waals surface area contributed by atoms with Crippen LogP contribution in [0.15, 0.2) is 48.5 Å². The molecule has 2 rings (SSSR count). The second-order valence-corrected chi connectivity index (χ2v) is 4.21. The van der Waals surface area contributed by atoms with Crippen LogP contribution >= 0.6 is 0 Å². The van der Waals surface area contributed by atoms with Crippen LogP contribution in [0, 0.1) is 0 Å². The minimum atomic E-state index is 0.754. The summed E-state index contributed by atoms with van der Waals surface area (Å²) in [5, 5.41) is 5.85. The van der Waals surface area contributed by atoms with Crippen LogP contribution in [0.4, 0.5) is 0 Å². The number of nitrogens with one attached hydrogen (secondary N) is 1. The van der Waals surface area contributed by atoms with Crippen molar-refractivity contribution in [3.05, 3.63) is 54.1 Å². The Morgan fingerprint density at radius 1 is 1.11 bits per heavy atom. The van der Waals surface area contributed by atoms with Gasteiger partial charge < -0.3 is 10.1 Å². The number of hydrogen-bond acceptors (Lipinski definition) is 2. The van der Waals surface area contributed by atoms with E-state index in [0.29, 0.717) is 0 Å². The lowest BCUT2D eigenvalue weighted by Crippen LogP contribution is -2.18. The maximum Gasteiger partial charge on any atom is 0.0587 e. The van der Waals surface area contributed by atoms with E-state index in [4.69, 9.17) is 4.74 Å². The molecule has 0 unspecified atom stereocenters. The van der Waals surface area contributed by atoms with Crippen molar-refractivity contribution in [3.8, 4) is 0 Å². The quantitative estimate of drug-likeness (QED) is 0.785. The minimum absolute atomic E-state index is 0.754. The summed E-state index contributed by atoms with van der Waals surface area (Å²) in [6, 6.07) is 14.9. The van der Waals surface area contributed by atoms with Crippen molar-refractivity contribution in [3.63, 3.8) is 0 Å². The smallest absolute Gasteiger partial charge is 0.0587 e. The molecule has 94 valence electrons. The standard InChI is InChI=1S/C16H19NO/c1-18-12-11-17-10-4-5-14-8-9-15-6-2-3-7-16(15)13-14/h2-9,13,17H,10-12H2,1H3. The molecular formula is C16H19NO. The van der Waals surface area contributed by atoms with Gasteiger partial charge in [-0.1, -0.05) is 48.6 Å². The molecule has 0 amide bonds. The van der Waals surface area contributed by atoms with E-state index < -0.39 is 0 Å². The zero-order chi connectivity index (χ0) is 12.6. The number of methoxy groups -OCH3 is 1. The van der Waals surface area contributed by atoms with Crippen LogP contribution in [0.1, 0.15) is 5.56 Å². The Morgan fingerprint density at radius 3 is 2.78 bits per heavy atom. The van der Waals surface area contributed by atoms with Crippen molar-refractivity contribution in [1.29, 1.82) is 0 Å². The summed E-state index contributed by atoms with van der Waals surface area (Å²) in [4.78, 5) is 0. The molecule has 18 heavy (non-hydrogen) atoms. The molecule has 1 N–H and O–H groups in total. The van der Waals surface area contributed by atoms with Gasteiger partial charge in [0.05, 0.1) is 6.61 Å². The van der Waals surface area contributed by atoms with E-state index in [0.717, 1.165) is 19.7 Å². The Hall–Kier alpha value is -1.64. The highest BCUT2D eigenvalue weighted by Gasteiger charge is 1.92. The molecule has 0 bridgehead atoms. The molecule has 0 aliphatic heterocycles. The summed E-state index contributed by atoms with van der Waals surface area (Å²) < 4.78 is 4.97. The predicted octanol–water partition coefficient (Wildman–Crippen LogP) is 3.09. The Labute approximate surface area is 108 Å². The van der Waals surface area contributed by atoms with Crippen molar-refractivity contribution >= 4 is 16.8 Å². The van der Waals surface area contributed by atoms with Crippen molar-refractivity contribution in [2.45, 2.75) is 0 Å². The number of rotatable bonds is 6. The van der Waals surface area contributed by atoms with Crippen LogP contribution in [0.3, 0.4) is 0 Å². The van der Waals surface area contributed by atoms with Gasteiger partial charge in [0.25, 0.3) is 0 Å². The summed E-state index contributed by atoms with van der Waals surface area (Å²) in [7, 11) is 1.71. The molecule has 2 nitrogen and oxygen atoms in total. The highest BCUT2D eigenvalue weighted by molar-refractivity contribution is 5.84. The summed E-state index contributed by atoms with van der Waals surface area (Å²) >= 11 is 0. The zero-order valence-corrected chi connectivity index (χ0v) is 10.7. The van der Waals surface area contributed by atoms with Gasteiger partial charge in [0.1, 0.15) is 0 Å². The third-order valence-corrected chi connectivity index (χ3v) is 2.83. The summed E-state index contributed by atoms with van der Waals surface area (Å²) in [5.74, 6) is 0. The third kappa shape index (κ3) is 3.69. The summed E-state index contributed by atoms with van der Waals surface area (Å²) in [5.41, 5.74) is 1.24. The molecule has 0 heterocycles. The highest BCUT2D eigenvalue weighted by Crippen LogP contribution is 2.16. The Balaban J connectivity index is 1.93. The van der Waals surface area contributed by atoms with Gasteiger partial charge in [0, 0.05) is 20.2 Å². The van der Waals surface area contributed by atoms with Gasteiger partial charge in [-0.15, -0.1) is 0 Å². The van der Waals surface area contributed by atoms with Crippen LogP contribution in [-0.2, 0) is 4.74 Å². The van der Waals surface area contributed by atoms with Crippen LogP contribution in [-0.4, -0.2) is 26.8 Å². The fraction of sp³-hybridized carbons (Fsp3) is 0.250. The van der Waals surface area contributed by atoms with E-state index in [-0.39, 0.29) is 0 Å². The third-order valence-electron chi connectivity index (χ3n) is 2.83. The fourth-order valence-corrected chi connectivity index (χ4v) is 1.87. The first-order chi connectivity index (χ1) is 8.90. The van der Waals surface area contributed by atoms with Crippen molar-refractivity contribution in [1.82, 2.24) is 5.32 Å². The largest absolute Gasteiger partial charge is 0.383 e. The van der Waals surface area contributed by atoms with Crippen molar-refractivity contribution < 1.29 is 4.74 Å². The van der Waals surface area contributed by atoms with E-state index in [1.165, 1.54) is 16.3 Å². The van der Waals surface area contributed by atoms with E-state index in [1.54, 1.807) is 7.11 Å². The van der Waals surface area contributed by atoms with Gasteiger partial charge in [-0.2, -0.15) is 0 Å². The first-order valence-corrected chi connectivity index (χ1v) is 6.25.